The summed E-state index contributed by atoms with van der Waals surface area (Å²) in [7, 11) is 0. The van der Waals surface area contributed by atoms with Gasteiger partial charge in [-0.3, -0.25) is 0 Å². The van der Waals surface area contributed by atoms with Gasteiger partial charge in [0.15, 0.2) is 0 Å². The molecule has 1 rings (SSSR count). The first-order valence-corrected chi connectivity index (χ1v) is 5.18. The van der Waals surface area contributed by atoms with Crippen LogP contribution in [0.15, 0.2) is 18.2 Å². The largest absolute Gasteiger partial charge is 0.198 e. The van der Waals surface area contributed by atoms with Gasteiger partial charge in [0.05, 0.1) is 6.07 Å². The molecule has 0 fully saturated rings. The second-order valence-corrected chi connectivity index (χ2v) is 4.09. The molecule has 0 aliphatic heterocycles. The molecule has 0 aliphatic carbocycles. The van der Waals surface area contributed by atoms with Crippen molar-refractivity contribution in [3.05, 3.63) is 34.3 Å². The van der Waals surface area contributed by atoms with Crippen LogP contribution in [0.4, 0.5) is 0 Å². The standard InChI is InChI=1S/C12H14ClN/c1-9(2)12-6-5-11(13)8-10(12)4-3-7-14/h5-6,8-9H,3-4H2,1-2H3. The van der Waals surface area contributed by atoms with Crippen molar-refractivity contribution in [2.75, 3.05) is 0 Å². The first-order chi connectivity index (χ1) is 6.65. The fourth-order valence-electron chi connectivity index (χ4n) is 1.54. The van der Waals surface area contributed by atoms with E-state index >= 15 is 0 Å². The molecule has 0 aliphatic rings. The maximum Gasteiger partial charge on any atom is 0.0625 e. The van der Waals surface area contributed by atoms with Gasteiger partial charge in [-0.05, 0) is 35.6 Å². The fraction of sp³-hybridized carbons (Fsp3) is 0.417. The van der Waals surface area contributed by atoms with Crippen LogP contribution < -0.4 is 0 Å². The minimum Gasteiger partial charge on any atom is -0.198 e. The highest BCUT2D eigenvalue weighted by Gasteiger charge is 2.06. The highest BCUT2D eigenvalue weighted by molar-refractivity contribution is 6.30. The highest BCUT2D eigenvalue weighted by atomic mass is 35.5. The average Bonchev–Trinajstić information content (AvgIpc) is 2.14. The Morgan fingerprint density at radius 1 is 1.43 bits per heavy atom. The summed E-state index contributed by atoms with van der Waals surface area (Å²) in [5.74, 6) is 0.487. The van der Waals surface area contributed by atoms with Crippen molar-refractivity contribution >= 4 is 11.6 Å². The summed E-state index contributed by atoms with van der Waals surface area (Å²) in [6.45, 7) is 4.30. The van der Waals surface area contributed by atoms with E-state index in [1.807, 2.05) is 12.1 Å². The molecule has 0 N–H and O–H groups in total. The van der Waals surface area contributed by atoms with Crippen LogP contribution in [0.1, 0.15) is 37.3 Å². The number of nitrogens with zero attached hydrogens (tertiary/aromatic N) is 1. The lowest BCUT2D eigenvalue weighted by molar-refractivity contribution is 0.835. The third kappa shape index (κ3) is 2.75. The molecule has 0 atom stereocenters. The number of benzene rings is 1. The van der Waals surface area contributed by atoms with E-state index in [0.717, 1.165) is 11.4 Å². The Morgan fingerprint density at radius 2 is 2.14 bits per heavy atom. The van der Waals surface area contributed by atoms with E-state index < -0.39 is 0 Å². The predicted molar refractivity (Wildman–Crippen MR) is 59.5 cm³/mol. The Bertz CT molecular complexity index is 350. The van der Waals surface area contributed by atoms with Crippen LogP contribution >= 0.6 is 11.6 Å². The summed E-state index contributed by atoms with van der Waals surface area (Å²) in [5, 5.41) is 9.30. The molecule has 0 amide bonds. The average molecular weight is 208 g/mol. The van der Waals surface area contributed by atoms with Crippen LogP contribution in [0, 0.1) is 11.3 Å². The molecule has 0 aromatic heterocycles. The van der Waals surface area contributed by atoms with Gasteiger partial charge < -0.3 is 0 Å². The predicted octanol–water partition coefficient (Wildman–Crippen LogP) is 3.92. The molecule has 0 spiro atoms. The third-order valence-corrected chi connectivity index (χ3v) is 2.47. The molecule has 1 nitrogen and oxygen atoms in total. The molecule has 1 aromatic rings. The maximum atomic E-state index is 8.54. The number of halogens is 1. The van der Waals surface area contributed by atoms with E-state index in [-0.39, 0.29) is 0 Å². The Kier molecular flexibility index (Phi) is 3.98. The van der Waals surface area contributed by atoms with Crippen LogP contribution in [0.5, 0.6) is 0 Å². The molecule has 0 unspecified atom stereocenters. The van der Waals surface area contributed by atoms with Gasteiger partial charge >= 0.3 is 0 Å². The zero-order chi connectivity index (χ0) is 10.6. The second kappa shape index (κ2) is 5.02. The van der Waals surface area contributed by atoms with Gasteiger partial charge in [0.25, 0.3) is 0 Å². The number of aryl methyl sites for hydroxylation is 1. The summed E-state index contributed by atoms with van der Waals surface area (Å²) >= 11 is 5.92. The van der Waals surface area contributed by atoms with Crippen molar-refractivity contribution in [3.63, 3.8) is 0 Å². The van der Waals surface area contributed by atoms with Crippen molar-refractivity contribution in [3.8, 4) is 6.07 Å². The molecule has 14 heavy (non-hydrogen) atoms. The first-order valence-electron chi connectivity index (χ1n) is 4.80. The molecular formula is C12H14ClN. The van der Waals surface area contributed by atoms with E-state index in [1.165, 1.54) is 11.1 Å². The van der Waals surface area contributed by atoms with Crippen LogP contribution in [0.2, 0.25) is 5.02 Å². The fourth-order valence-corrected chi connectivity index (χ4v) is 1.74. The zero-order valence-electron chi connectivity index (χ0n) is 8.55. The van der Waals surface area contributed by atoms with Crippen molar-refractivity contribution in [1.29, 1.82) is 5.26 Å². The van der Waals surface area contributed by atoms with Gasteiger partial charge in [-0.1, -0.05) is 31.5 Å². The van der Waals surface area contributed by atoms with Crippen molar-refractivity contribution in [1.82, 2.24) is 0 Å². The maximum absolute atomic E-state index is 8.54. The molecule has 0 saturated carbocycles. The van der Waals surface area contributed by atoms with Crippen LogP contribution in [-0.2, 0) is 6.42 Å². The van der Waals surface area contributed by atoms with Gasteiger partial charge in [0.2, 0.25) is 0 Å². The van der Waals surface area contributed by atoms with E-state index in [9.17, 15) is 0 Å². The summed E-state index contributed by atoms with van der Waals surface area (Å²) in [4.78, 5) is 0. The molecule has 1 aromatic carbocycles. The molecular weight excluding hydrogens is 194 g/mol. The van der Waals surface area contributed by atoms with Crippen LogP contribution in [0.25, 0.3) is 0 Å². The second-order valence-electron chi connectivity index (χ2n) is 3.66. The van der Waals surface area contributed by atoms with Crippen LogP contribution in [-0.4, -0.2) is 0 Å². The van der Waals surface area contributed by atoms with Gasteiger partial charge in [-0.15, -0.1) is 0 Å². The lowest BCUT2D eigenvalue weighted by Gasteiger charge is -2.11. The van der Waals surface area contributed by atoms with Crippen molar-refractivity contribution in [2.24, 2.45) is 0 Å². The molecule has 0 radical (unpaired) electrons. The summed E-state index contributed by atoms with van der Waals surface area (Å²) in [6.07, 6.45) is 1.35. The number of hydrogen-bond acceptors (Lipinski definition) is 1. The SMILES string of the molecule is CC(C)c1ccc(Cl)cc1CCC#N. The minimum atomic E-state index is 0.487. The van der Waals surface area contributed by atoms with Crippen molar-refractivity contribution < 1.29 is 0 Å². The lowest BCUT2D eigenvalue weighted by Crippen LogP contribution is -1.96. The quantitative estimate of drug-likeness (QED) is 0.737. The zero-order valence-corrected chi connectivity index (χ0v) is 9.30. The third-order valence-electron chi connectivity index (χ3n) is 2.23. The summed E-state index contributed by atoms with van der Waals surface area (Å²) < 4.78 is 0. The molecule has 2 heteroatoms. The van der Waals surface area contributed by atoms with Gasteiger partial charge in [-0.25, -0.2) is 0 Å². The minimum absolute atomic E-state index is 0.487. The first kappa shape index (κ1) is 11.1. The van der Waals surface area contributed by atoms with Gasteiger partial charge in [0, 0.05) is 11.4 Å². The molecule has 0 heterocycles. The Morgan fingerprint density at radius 3 is 2.71 bits per heavy atom. The van der Waals surface area contributed by atoms with Gasteiger partial charge in [-0.2, -0.15) is 5.26 Å². The van der Waals surface area contributed by atoms with Gasteiger partial charge in [0.1, 0.15) is 0 Å². The molecule has 0 bridgehead atoms. The highest BCUT2D eigenvalue weighted by Crippen LogP contribution is 2.23. The monoisotopic (exact) mass is 207 g/mol. The topological polar surface area (TPSA) is 23.8 Å². The van der Waals surface area contributed by atoms with Crippen LogP contribution in [0.3, 0.4) is 0 Å². The smallest absolute Gasteiger partial charge is 0.0625 e. The van der Waals surface area contributed by atoms with E-state index in [1.54, 1.807) is 0 Å². The van der Waals surface area contributed by atoms with Crippen molar-refractivity contribution in [2.45, 2.75) is 32.6 Å². The Hall–Kier alpha value is -1.00. The molecule has 0 saturated heterocycles. The van der Waals surface area contributed by atoms with E-state index in [4.69, 9.17) is 16.9 Å². The van der Waals surface area contributed by atoms with E-state index in [0.29, 0.717) is 12.3 Å². The lowest BCUT2D eigenvalue weighted by atomic mass is 9.95. The Labute approximate surface area is 90.3 Å². The molecule has 74 valence electrons. The number of hydrogen-bond donors (Lipinski definition) is 0. The number of rotatable bonds is 3. The number of nitriles is 1. The summed E-state index contributed by atoms with van der Waals surface area (Å²) in [5.41, 5.74) is 2.50. The Balaban J connectivity index is 2.98. The normalized spacial score (nSPS) is 10.2. The van der Waals surface area contributed by atoms with E-state index in [2.05, 4.69) is 26.0 Å². The summed E-state index contributed by atoms with van der Waals surface area (Å²) in [6, 6.07) is 8.09.